The third kappa shape index (κ3) is 3.54. The first-order chi connectivity index (χ1) is 13.3. The fourth-order valence-electron chi connectivity index (χ4n) is 3.89. The van der Waals surface area contributed by atoms with E-state index in [4.69, 9.17) is 9.72 Å². The summed E-state index contributed by atoms with van der Waals surface area (Å²) in [7, 11) is 0. The lowest BCUT2D eigenvalue weighted by Gasteiger charge is -2.25. The quantitative estimate of drug-likeness (QED) is 0.660. The molecule has 1 aliphatic rings. The zero-order valence-corrected chi connectivity index (χ0v) is 15.7. The molecule has 1 unspecified atom stereocenters. The van der Waals surface area contributed by atoms with Gasteiger partial charge in [-0.05, 0) is 37.1 Å². The third-order valence-corrected chi connectivity index (χ3v) is 5.18. The maximum Gasteiger partial charge on any atom is 0.222 e. The first-order valence-electron chi connectivity index (χ1n) is 9.70. The first kappa shape index (κ1) is 17.6. The van der Waals surface area contributed by atoms with Crippen LogP contribution in [-0.4, -0.2) is 33.5 Å². The standard InChI is InChI=1S/C22H25N3O2/c1-2-21(26)24-14-8-13-20(24)22-23-18-11-6-7-12-19(18)25(22)15-16-27-17-9-4-3-5-10-17/h3-7,9-12,20H,2,8,13-16H2,1H3. The Bertz CT molecular complexity index is 920. The number of hydrogen-bond donors (Lipinski definition) is 0. The van der Waals surface area contributed by atoms with Crippen LogP contribution >= 0.6 is 0 Å². The van der Waals surface area contributed by atoms with Crippen LogP contribution < -0.4 is 4.74 Å². The van der Waals surface area contributed by atoms with Crippen molar-refractivity contribution in [3.8, 4) is 5.75 Å². The molecule has 0 N–H and O–H groups in total. The van der Waals surface area contributed by atoms with E-state index in [9.17, 15) is 4.79 Å². The third-order valence-electron chi connectivity index (χ3n) is 5.18. The fraction of sp³-hybridized carbons (Fsp3) is 0.364. The van der Waals surface area contributed by atoms with Crippen molar-refractivity contribution in [1.29, 1.82) is 0 Å². The second kappa shape index (κ2) is 7.82. The molecule has 1 aromatic heterocycles. The van der Waals surface area contributed by atoms with Gasteiger partial charge in [-0.25, -0.2) is 4.98 Å². The van der Waals surface area contributed by atoms with Crippen LogP contribution in [0.15, 0.2) is 54.6 Å². The van der Waals surface area contributed by atoms with Gasteiger partial charge >= 0.3 is 0 Å². The van der Waals surface area contributed by atoms with Crippen molar-refractivity contribution in [2.75, 3.05) is 13.2 Å². The van der Waals surface area contributed by atoms with Gasteiger partial charge in [-0.3, -0.25) is 4.79 Å². The van der Waals surface area contributed by atoms with Crippen molar-refractivity contribution in [2.45, 2.75) is 38.8 Å². The number of fused-ring (bicyclic) bond motifs is 1. The van der Waals surface area contributed by atoms with E-state index in [1.165, 1.54) is 0 Å². The summed E-state index contributed by atoms with van der Waals surface area (Å²) >= 11 is 0. The number of amides is 1. The molecule has 0 bridgehead atoms. The summed E-state index contributed by atoms with van der Waals surface area (Å²) in [5.41, 5.74) is 2.07. The summed E-state index contributed by atoms with van der Waals surface area (Å²) < 4.78 is 8.14. The average Bonchev–Trinajstić information content (AvgIpc) is 3.33. The van der Waals surface area contributed by atoms with Crippen LogP contribution in [0.4, 0.5) is 0 Å². The highest BCUT2D eigenvalue weighted by molar-refractivity contribution is 5.78. The summed E-state index contributed by atoms with van der Waals surface area (Å²) in [6.45, 7) is 4.01. The normalized spacial score (nSPS) is 16.8. The molecule has 5 nitrogen and oxygen atoms in total. The molecule has 0 radical (unpaired) electrons. The van der Waals surface area contributed by atoms with Gasteiger partial charge in [0, 0.05) is 13.0 Å². The molecule has 0 aliphatic carbocycles. The van der Waals surface area contributed by atoms with Crippen LogP contribution in [0, 0.1) is 0 Å². The largest absolute Gasteiger partial charge is 0.492 e. The average molecular weight is 363 g/mol. The summed E-state index contributed by atoms with van der Waals surface area (Å²) in [6.07, 6.45) is 2.53. The maximum absolute atomic E-state index is 12.4. The topological polar surface area (TPSA) is 47.4 Å². The van der Waals surface area contributed by atoms with Crippen LogP contribution in [0.2, 0.25) is 0 Å². The molecule has 2 aromatic carbocycles. The predicted octanol–water partition coefficient (Wildman–Crippen LogP) is 4.19. The van der Waals surface area contributed by atoms with Gasteiger partial charge in [0.1, 0.15) is 18.2 Å². The summed E-state index contributed by atoms with van der Waals surface area (Å²) in [6, 6.07) is 18.1. The molecule has 1 amide bonds. The predicted molar refractivity (Wildman–Crippen MR) is 106 cm³/mol. The van der Waals surface area contributed by atoms with Crippen molar-refractivity contribution >= 4 is 16.9 Å². The molecule has 1 aliphatic heterocycles. The van der Waals surface area contributed by atoms with E-state index >= 15 is 0 Å². The molecule has 0 spiro atoms. The number of benzene rings is 2. The number of carbonyl (C=O) groups excluding carboxylic acids is 1. The number of carbonyl (C=O) groups is 1. The van der Waals surface area contributed by atoms with Gasteiger partial charge in [0.15, 0.2) is 0 Å². The Kier molecular flexibility index (Phi) is 5.10. The molecule has 3 aromatic rings. The van der Waals surface area contributed by atoms with Crippen molar-refractivity contribution < 1.29 is 9.53 Å². The highest BCUT2D eigenvalue weighted by atomic mass is 16.5. The van der Waals surface area contributed by atoms with Crippen molar-refractivity contribution in [2.24, 2.45) is 0 Å². The fourth-order valence-corrected chi connectivity index (χ4v) is 3.89. The van der Waals surface area contributed by atoms with Gasteiger partial charge in [-0.15, -0.1) is 0 Å². The molecule has 2 heterocycles. The molecule has 140 valence electrons. The number of likely N-dealkylation sites (tertiary alicyclic amines) is 1. The lowest BCUT2D eigenvalue weighted by Crippen LogP contribution is -2.31. The molecule has 0 saturated carbocycles. The van der Waals surface area contributed by atoms with Gasteiger partial charge in [-0.1, -0.05) is 37.3 Å². The van der Waals surface area contributed by atoms with E-state index in [2.05, 4.69) is 10.6 Å². The van der Waals surface area contributed by atoms with Gasteiger partial charge < -0.3 is 14.2 Å². The second-order valence-electron chi connectivity index (χ2n) is 6.87. The Hall–Kier alpha value is -2.82. The van der Waals surface area contributed by atoms with Crippen LogP contribution in [0.25, 0.3) is 11.0 Å². The van der Waals surface area contributed by atoms with Crippen molar-refractivity contribution in [1.82, 2.24) is 14.5 Å². The van der Waals surface area contributed by atoms with E-state index in [1.54, 1.807) is 0 Å². The number of para-hydroxylation sites is 3. The van der Waals surface area contributed by atoms with Gasteiger partial charge in [0.05, 0.1) is 23.6 Å². The molecule has 1 atom stereocenters. The summed E-state index contributed by atoms with van der Waals surface area (Å²) in [5, 5.41) is 0. The zero-order chi connectivity index (χ0) is 18.6. The van der Waals surface area contributed by atoms with Crippen molar-refractivity contribution in [3.63, 3.8) is 0 Å². The van der Waals surface area contributed by atoms with Crippen LogP contribution in [0.3, 0.4) is 0 Å². The monoisotopic (exact) mass is 363 g/mol. The van der Waals surface area contributed by atoms with Crippen LogP contribution in [-0.2, 0) is 11.3 Å². The Morgan fingerprint density at radius 2 is 1.93 bits per heavy atom. The van der Waals surface area contributed by atoms with E-state index in [1.807, 2.05) is 60.4 Å². The SMILES string of the molecule is CCC(=O)N1CCCC1c1nc2ccccc2n1CCOc1ccccc1. The first-order valence-corrected chi connectivity index (χ1v) is 9.70. The molecule has 4 rings (SSSR count). The zero-order valence-electron chi connectivity index (χ0n) is 15.7. The molecule has 27 heavy (non-hydrogen) atoms. The summed E-state index contributed by atoms with van der Waals surface area (Å²) in [4.78, 5) is 19.3. The Balaban J connectivity index is 1.62. The number of hydrogen-bond acceptors (Lipinski definition) is 3. The Morgan fingerprint density at radius 3 is 2.74 bits per heavy atom. The lowest BCUT2D eigenvalue weighted by atomic mass is 10.2. The van der Waals surface area contributed by atoms with Gasteiger partial charge in [0.2, 0.25) is 5.91 Å². The number of imidazole rings is 1. The van der Waals surface area contributed by atoms with E-state index < -0.39 is 0 Å². The Morgan fingerprint density at radius 1 is 1.15 bits per heavy atom. The van der Waals surface area contributed by atoms with Gasteiger partial charge in [0.25, 0.3) is 0 Å². The van der Waals surface area contributed by atoms with E-state index in [0.717, 1.165) is 42.0 Å². The van der Waals surface area contributed by atoms with E-state index in [0.29, 0.717) is 19.6 Å². The lowest BCUT2D eigenvalue weighted by molar-refractivity contribution is -0.131. The van der Waals surface area contributed by atoms with Crippen LogP contribution in [0.5, 0.6) is 5.75 Å². The minimum absolute atomic E-state index is 0.0570. The molecule has 1 fully saturated rings. The van der Waals surface area contributed by atoms with Crippen LogP contribution in [0.1, 0.15) is 38.1 Å². The molecular weight excluding hydrogens is 338 g/mol. The molecule has 5 heteroatoms. The maximum atomic E-state index is 12.4. The number of ether oxygens (including phenoxy) is 1. The molecule has 1 saturated heterocycles. The summed E-state index contributed by atoms with van der Waals surface area (Å²) in [5.74, 6) is 2.05. The highest BCUT2D eigenvalue weighted by Gasteiger charge is 2.32. The number of aromatic nitrogens is 2. The minimum atomic E-state index is 0.0570. The van der Waals surface area contributed by atoms with E-state index in [-0.39, 0.29) is 11.9 Å². The Labute approximate surface area is 159 Å². The number of rotatable bonds is 6. The van der Waals surface area contributed by atoms with Gasteiger partial charge in [-0.2, -0.15) is 0 Å². The molecular formula is C22H25N3O2. The van der Waals surface area contributed by atoms with Crippen molar-refractivity contribution in [3.05, 3.63) is 60.4 Å². The minimum Gasteiger partial charge on any atom is -0.492 e. The smallest absolute Gasteiger partial charge is 0.222 e. The highest BCUT2D eigenvalue weighted by Crippen LogP contribution is 2.33. The number of nitrogens with zero attached hydrogens (tertiary/aromatic N) is 3. The second-order valence-corrected chi connectivity index (χ2v) is 6.87.